The molecule has 1 aromatic rings. The van der Waals surface area contributed by atoms with Crippen molar-refractivity contribution in [3.05, 3.63) is 17.5 Å². The topological polar surface area (TPSA) is 29.0 Å². The third-order valence-corrected chi connectivity index (χ3v) is 5.07. The molecule has 1 saturated heterocycles. The molecule has 3 nitrogen and oxygen atoms in total. The van der Waals surface area contributed by atoms with Crippen molar-refractivity contribution in [2.45, 2.75) is 44.9 Å². The van der Waals surface area contributed by atoms with Crippen molar-refractivity contribution in [3.63, 3.8) is 0 Å². The van der Waals surface area contributed by atoms with Gasteiger partial charge >= 0.3 is 0 Å². The van der Waals surface area contributed by atoms with Crippen LogP contribution in [0.1, 0.15) is 43.4 Å². The van der Waals surface area contributed by atoms with Gasteiger partial charge in [0, 0.05) is 30.5 Å². The Bertz CT molecular complexity index is 449. The summed E-state index contributed by atoms with van der Waals surface area (Å²) in [6.45, 7) is 4.28. The molecule has 0 N–H and O–H groups in total. The molecular weight excluding hydrogens is 258 g/mol. The highest BCUT2D eigenvalue weighted by atomic mass is 35.5. The number of hydrogen-bond donors (Lipinski definition) is 0. The highest BCUT2D eigenvalue weighted by Crippen LogP contribution is 2.36. The number of rotatable bonds is 2. The van der Waals surface area contributed by atoms with Crippen LogP contribution in [-0.4, -0.2) is 23.1 Å². The van der Waals surface area contributed by atoms with Crippen molar-refractivity contribution in [2.24, 2.45) is 11.8 Å². The van der Waals surface area contributed by atoms with Crippen LogP contribution in [0.2, 0.25) is 0 Å². The van der Waals surface area contributed by atoms with Crippen LogP contribution >= 0.6 is 11.6 Å². The van der Waals surface area contributed by atoms with Gasteiger partial charge in [-0.2, -0.15) is 0 Å². The lowest BCUT2D eigenvalue weighted by Crippen LogP contribution is -2.42. The summed E-state index contributed by atoms with van der Waals surface area (Å²) in [5, 5.41) is 0. The van der Waals surface area contributed by atoms with Crippen molar-refractivity contribution in [1.82, 2.24) is 9.97 Å². The van der Waals surface area contributed by atoms with Crippen LogP contribution in [0.25, 0.3) is 0 Å². The maximum atomic E-state index is 5.87. The molecule has 2 aliphatic rings. The lowest BCUT2D eigenvalue weighted by Gasteiger charge is -2.41. The lowest BCUT2D eigenvalue weighted by atomic mass is 9.75. The Hall–Kier alpha value is -0.830. The number of nitrogens with zero attached hydrogens (tertiary/aromatic N) is 3. The van der Waals surface area contributed by atoms with Gasteiger partial charge in [-0.15, -0.1) is 11.6 Å². The third-order valence-electron chi connectivity index (χ3n) is 4.79. The molecule has 104 valence electrons. The molecule has 1 aromatic heterocycles. The van der Waals surface area contributed by atoms with E-state index in [0.717, 1.165) is 42.1 Å². The van der Waals surface area contributed by atoms with Crippen molar-refractivity contribution in [3.8, 4) is 0 Å². The molecule has 0 aromatic carbocycles. The van der Waals surface area contributed by atoms with E-state index in [4.69, 9.17) is 11.6 Å². The molecule has 1 saturated carbocycles. The van der Waals surface area contributed by atoms with Crippen LogP contribution in [-0.2, 0) is 5.88 Å². The lowest BCUT2D eigenvalue weighted by molar-refractivity contribution is 0.201. The summed E-state index contributed by atoms with van der Waals surface area (Å²) in [7, 11) is 0. The zero-order chi connectivity index (χ0) is 13.2. The maximum Gasteiger partial charge on any atom is 0.225 e. The van der Waals surface area contributed by atoms with Gasteiger partial charge in [-0.3, -0.25) is 0 Å². The normalized spacial score (nSPS) is 27.2. The summed E-state index contributed by atoms with van der Waals surface area (Å²) in [6, 6.07) is 0. The van der Waals surface area contributed by atoms with Gasteiger partial charge in [-0.25, -0.2) is 9.97 Å². The van der Waals surface area contributed by atoms with Gasteiger partial charge < -0.3 is 4.90 Å². The highest BCUT2D eigenvalue weighted by molar-refractivity contribution is 6.17. The average molecular weight is 280 g/mol. The fourth-order valence-electron chi connectivity index (χ4n) is 3.55. The minimum atomic E-state index is 0.497. The van der Waals surface area contributed by atoms with Gasteiger partial charge in [0.05, 0.1) is 5.88 Å². The predicted molar refractivity (Wildman–Crippen MR) is 78.6 cm³/mol. The largest absolute Gasteiger partial charge is 0.341 e. The summed E-state index contributed by atoms with van der Waals surface area (Å²) in [5.74, 6) is 3.21. The Morgan fingerprint density at radius 3 is 2.79 bits per heavy atom. The van der Waals surface area contributed by atoms with Crippen LogP contribution in [0.3, 0.4) is 0 Å². The smallest absolute Gasteiger partial charge is 0.225 e. The van der Waals surface area contributed by atoms with E-state index in [1.807, 2.05) is 13.1 Å². The molecule has 2 fully saturated rings. The summed E-state index contributed by atoms with van der Waals surface area (Å²) in [6.07, 6.45) is 8.85. The molecule has 2 atom stereocenters. The minimum Gasteiger partial charge on any atom is -0.341 e. The number of hydrogen-bond acceptors (Lipinski definition) is 3. The van der Waals surface area contributed by atoms with Gasteiger partial charge in [-0.05, 0) is 31.6 Å². The van der Waals surface area contributed by atoms with Crippen molar-refractivity contribution >= 4 is 17.5 Å². The van der Waals surface area contributed by atoms with Gasteiger partial charge in [-0.1, -0.05) is 19.3 Å². The molecule has 3 rings (SSSR count). The Balaban J connectivity index is 1.74. The monoisotopic (exact) mass is 279 g/mol. The molecule has 0 bridgehead atoms. The highest BCUT2D eigenvalue weighted by Gasteiger charge is 2.31. The van der Waals surface area contributed by atoms with Crippen molar-refractivity contribution < 1.29 is 0 Å². The SMILES string of the molecule is Cc1nc(N2CCC3CCCCC3C2)ncc1CCl. The predicted octanol–water partition coefficient (Wildman–Crippen LogP) is 3.54. The molecular formula is C15H22ClN3. The fourth-order valence-corrected chi connectivity index (χ4v) is 3.81. The molecule has 2 heterocycles. The molecule has 0 radical (unpaired) electrons. The number of piperidine rings is 1. The number of halogens is 1. The molecule has 2 unspecified atom stereocenters. The second-order valence-electron chi connectivity index (χ2n) is 5.95. The van der Waals surface area contributed by atoms with Gasteiger partial charge in [0.15, 0.2) is 0 Å². The quantitative estimate of drug-likeness (QED) is 0.776. The van der Waals surface area contributed by atoms with Gasteiger partial charge in [0.25, 0.3) is 0 Å². The van der Waals surface area contributed by atoms with Crippen molar-refractivity contribution in [2.75, 3.05) is 18.0 Å². The standard InChI is InChI=1S/C15H22ClN3/c1-11-14(8-16)9-17-15(18-11)19-7-6-12-4-2-3-5-13(12)10-19/h9,12-13H,2-8,10H2,1H3. The van der Waals surface area contributed by atoms with Crippen LogP contribution in [0.4, 0.5) is 5.95 Å². The van der Waals surface area contributed by atoms with Crippen molar-refractivity contribution in [1.29, 1.82) is 0 Å². The summed E-state index contributed by atoms with van der Waals surface area (Å²) in [5.41, 5.74) is 2.06. The van der Waals surface area contributed by atoms with E-state index in [0.29, 0.717) is 5.88 Å². The third kappa shape index (κ3) is 2.71. The molecule has 0 amide bonds. The summed E-state index contributed by atoms with van der Waals surface area (Å²) < 4.78 is 0. The first-order chi connectivity index (χ1) is 9.28. The Morgan fingerprint density at radius 2 is 2.05 bits per heavy atom. The van der Waals surface area contributed by atoms with E-state index in [1.54, 1.807) is 0 Å². The summed E-state index contributed by atoms with van der Waals surface area (Å²) in [4.78, 5) is 11.5. The maximum absolute atomic E-state index is 5.87. The van der Waals surface area contributed by atoms with E-state index in [-0.39, 0.29) is 0 Å². The Morgan fingerprint density at radius 1 is 1.26 bits per heavy atom. The first kappa shape index (κ1) is 13.2. The fraction of sp³-hybridized carbons (Fsp3) is 0.733. The Kier molecular flexibility index (Phi) is 3.92. The van der Waals surface area contributed by atoms with Gasteiger partial charge in [0.1, 0.15) is 0 Å². The molecule has 1 aliphatic heterocycles. The first-order valence-corrected chi connectivity index (χ1v) is 7.95. The van der Waals surface area contributed by atoms with Crippen LogP contribution in [0.15, 0.2) is 6.20 Å². The Labute approximate surface area is 120 Å². The molecule has 1 aliphatic carbocycles. The second-order valence-corrected chi connectivity index (χ2v) is 6.22. The van der Waals surface area contributed by atoms with Crippen LogP contribution in [0.5, 0.6) is 0 Å². The number of fused-ring (bicyclic) bond motifs is 1. The van der Waals surface area contributed by atoms with Gasteiger partial charge in [0.2, 0.25) is 5.95 Å². The number of aryl methyl sites for hydroxylation is 1. The van der Waals surface area contributed by atoms with Crippen LogP contribution < -0.4 is 4.90 Å². The van der Waals surface area contributed by atoms with E-state index in [1.165, 1.54) is 32.1 Å². The zero-order valence-electron chi connectivity index (χ0n) is 11.6. The first-order valence-electron chi connectivity index (χ1n) is 7.41. The average Bonchev–Trinajstić information content (AvgIpc) is 2.46. The van der Waals surface area contributed by atoms with E-state index in [9.17, 15) is 0 Å². The zero-order valence-corrected chi connectivity index (χ0v) is 12.4. The van der Waals surface area contributed by atoms with Crippen LogP contribution in [0, 0.1) is 18.8 Å². The molecule has 4 heteroatoms. The number of aromatic nitrogens is 2. The van der Waals surface area contributed by atoms with E-state index in [2.05, 4.69) is 14.9 Å². The summed E-state index contributed by atoms with van der Waals surface area (Å²) >= 11 is 5.87. The molecule has 19 heavy (non-hydrogen) atoms. The minimum absolute atomic E-state index is 0.497. The number of alkyl halides is 1. The van der Waals surface area contributed by atoms with E-state index < -0.39 is 0 Å². The second kappa shape index (κ2) is 5.66. The van der Waals surface area contributed by atoms with E-state index >= 15 is 0 Å². The molecule has 0 spiro atoms. The number of anilines is 1.